The quantitative estimate of drug-likeness (QED) is 0.311. The molecule has 3 heteroatoms. The van der Waals surface area contributed by atoms with Gasteiger partial charge in [-0.2, -0.15) is 0 Å². The highest BCUT2D eigenvalue weighted by molar-refractivity contribution is 7.98. The predicted octanol–water partition coefficient (Wildman–Crippen LogP) is 7.38. The third-order valence-electron chi connectivity index (χ3n) is 5.21. The maximum absolute atomic E-state index is 4.95. The summed E-state index contributed by atoms with van der Waals surface area (Å²) >= 11 is 1.76. The van der Waals surface area contributed by atoms with Crippen molar-refractivity contribution in [2.45, 2.75) is 24.3 Å². The Hall–Kier alpha value is -3.04. The first kappa shape index (κ1) is 20.2. The van der Waals surface area contributed by atoms with Crippen LogP contribution in [0.2, 0.25) is 0 Å². The Morgan fingerprint density at radius 1 is 0.933 bits per heavy atom. The SMILES string of the molecule is C/C=C\C(=C/c1ccccc1)C1C/C(=N\c2ccccc2)N1c1ccc(SC)cc1. The Kier molecular flexibility index (Phi) is 6.50. The van der Waals surface area contributed by atoms with E-state index in [4.69, 9.17) is 4.99 Å². The minimum absolute atomic E-state index is 0.268. The maximum atomic E-state index is 4.95. The summed E-state index contributed by atoms with van der Waals surface area (Å²) in [6.45, 7) is 2.08. The molecule has 30 heavy (non-hydrogen) atoms. The molecule has 0 bridgehead atoms. The Morgan fingerprint density at radius 3 is 2.23 bits per heavy atom. The highest BCUT2D eigenvalue weighted by Gasteiger charge is 2.37. The molecule has 1 saturated heterocycles. The van der Waals surface area contributed by atoms with Gasteiger partial charge in [-0.15, -0.1) is 11.8 Å². The first-order valence-electron chi connectivity index (χ1n) is 10.2. The molecule has 2 nitrogen and oxygen atoms in total. The number of amidine groups is 1. The second-order valence-corrected chi connectivity index (χ2v) is 8.09. The number of aliphatic imine (C=N–C) groups is 1. The van der Waals surface area contributed by atoms with Gasteiger partial charge in [0.05, 0.1) is 11.7 Å². The van der Waals surface area contributed by atoms with Crippen LogP contribution < -0.4 is 4.90 Å². The number of anilines is 1. The zero-order valence-corrected chi connectivity index (χ0v) is 18.2. The third kappa shape index (κ3) is 4.58. The van der Waals surface area contributed by atoms with E-state index in [-0.39, 0.29) is 6.04 Å². The Bertz CT molecular complexity index is 1050. The molecule has 3 aromatic carbocycles. The highest BCUT2D eigenvalue weighted by Crippen LogP contribution is 2.36. The van der Waals surface area contributed by atoms with Crippen LogP contribution in [0.1, 0.15) is 18.9 Å². The van der Waals surface area contributed by atoms with Gasteiger partial charge in [0.1, 0.15) is 5.84 Å². The molecule has 0 aromatic heterocycles. The molecule has 1 aliphatic heterocycles. The van der Waals surface area contributed by atoms with Crippen LogP contribution in [0.4, 0.5) is 11.4 Å². The van der Waals surface area contributed by atoms with Crippen molar-refractivity contribution in [3.63, 3.8) is 0 Å². The normalized spacial score (nSPS) is 18.1. The zero-order chi connectivity index (χ0) is 20.8. The number of benzene rings is 3. The summed E-state index contributed by atoms with van der Waals surface area (Å²) in [7, 11) is 0. The van der Waals surface area contributed by atoms with E-state index in [0.29, 0.717) is 0 Å². The molecule has 1 aliphatic rings. The van der Waals surface area contributed by atoms with Gasteiger partial charge in [-0.3, -0.25) is 0 Å². The summed E-state index contributed by atoms with van der Waals surface area (Å²) in [4.78, 5) is 8.59. The van der Waals surface area contributed by atoms with E-state index in [9.17, 15) is 0 Å². The number of nitrogens with zero attached hydrogens (tertiary/aromatic N) is 2. The van der Waals surface area contributed by atoms with Crippen LogP contribution in [0.3, 0.4) is 0 Å². The van der Waals surface area contributed by atoms with E-state index in [1.807, 2.05) is 18.2 Å². The van der Waals surface area contributed by atoms with Gasteiger partial charge in [-0.1, -0.05) is 60.7 Å². The van der Waals surface area contributed by atoms with E-state index in [1.54, 1.807) is 11.8 Å². The number of thioether (sulfide) groups is 1. The monoisotopic (exact) mass is 410 g/mol. The summed E-state index contributed by atoms with van der Waals surface area (Å²) < 4.78 is 0. The molecule has 1 atom stereocenters. The molecule has 0 aliphatic carbocycles. The minimum Gasteiger partial charge on any atom is -0.322 e. The van der Waals surface area contributed by atoms with E-state index in [0.717, 1.165) is 17.9 Å². The largest absolute Gasteiger partial charge is 0.322 e. The van der Waals surface area contributed by atoms with Crippen LogP contribution in [0, 0.1) is 0 Å². The van der Waals surface area contributed by atoms with E-state index < -0.39 is 0 Å². The lowest BCUT2D eigenvalue weighted by Crippen LogP contribution is -2.53. The number of para-hydroxylation sites is 1. The molecule has 3 aromatic rings. The molecule has 0 radical (unpaired) electrons. The summed E-state index contributed by atoms with van der Waals surface area (Å²) in [5.74, 6) is 1.10. The summed E-state index contributed by atoms with van der Waals surface area (Å²) in [5, 5.41) is 0. The van der Waals surface area contributed by atoms with Gasteiger partial charge in [0, 0.05) is 17.0 Å². The molecule has 0 saturated carbocycles. The Morgan fingerprint density at radius 2 is 1.60 bits per heavy atom. The van der Waals surface area contributed by atoms with E-state index >= 15 is 0 Å². The molecule has 1 fully saturated rings. The molecular weight excluding hydrogens is 384 g/mol. The van der Waals surface area contributed by atoms with Crippen molar-refractivity contribution in [2.75, 3.05) is 11.2 Å². The molecule has 0 amide bonds. The number of hydrogen-bond acceptors (Lipinski definition) is 2. The number of rotatable bonds is 6. The van der Waals surface area contributed by atoms with Gasteiger partial charge in [-0.05, 0) is 66.8 Å². The van der Waals surface area contributed by atoms with Crippen LogP contribution in [-0.4, -0.2) is 18.1 Å². The third-order valence-corrected chi connectivity index (χ3v) is 5.95. The molecular formula is C27H26N2S. The van der Waals surface area contributed by atoms with Crippen molar-refractivity contribution < 1.29 is 0 Å². The molecule has 0 spiro atoms. The molecule has 150 valence electrons. The van der Waals surface area contributed by atoms with Gasteiger partial charge >= 0.3 is 0 Å². The molecule has 4 rings (SSSR count). The van der Waals surface area contributed by atoms with Crippen molar-refractivity contribution in [1.29, 1.82) is 0 Å². The van der Waals surface area contributed by atoms with Gasteiger partial charge in [0.2, 0.25) is 0 Å². The average Bonchev–Trinajstić information content (AvgIpc) is 2.78. The van der Waals surface area contributed by atoms with Crippen LogP contribution in [0.5, 0.6) is 0 Å². The topological polar surface area (TPSA) is 15.6 Å². The van der Waals surface area contributed by atoms with Crippen molar-refractivity contribution in [1.82, 2.24) is 0 Å². The lowest BCUT2D eigenvalue weighted by atomic mass is 9.90. The Balaban J connectivity index is 1.72. The van der Waals surface area contributed by atoms with Crippen molar-refractivity contribution in [3.8, 4) is 0 Å². The van der Waals surface area contributed by atoms with E-state index in [1.165, 1.54) is 21.7 Å². The smallest absolute Gasteiger partial charge is 0.112 e. The average molecular weight is 411 g/mol. The molecule has 1 heterocycles. The summed E-state index contributed by atoms with van der Waals surface area (Å²) in [5.41, 5.74) is 4.69. The van der Waals surface area contributed by atoms with Gasteiger partial charge in [0.15, 0.2) is 0 Å². The second kappa shape index (κ2) is 9.64. The molecule has 1 unspecified atom stereocenters. The van der Waals surface area contributed by atoms with Crippen LogP contribution in [0.15, 0.2) is 113 Å². The highest BCUT2D eigenvalue weighted by atomic mass is 32.2. The van der Waals surface area contributed by atoms with Gasteiger partial charge in [0.25, 0.3) is 0 Å². The van der Waals surface area contributed by atoms with Crippen molar-refractivity contribution in [2.24, 2.45) is 4.99 Å². The zero-order valence-electron chi connectivity index (χ0n) is 17.4. The first-order valence-corrected chi connectivity index (χ1v) is 11.5. The summed E-state index contributed by atoms with van der Waals surface area (Å²) in [6, 6.07) is 29.8. The van der Waals surface area contributed by atoms with Crippen LogP contribution >= 0.6 is 11.8 Å². The fourth-order valence-corrected chi connectivity index (χ4v) is 4.12. The lowest BCUT2D eigenvalue weighted by molar-refractivity contribution is 0.709. The van der Waals surface area contributed by atoms with Crippen molar-refractivity contribution in [3.05, 3.63) is 108 Å². The van der Waals surface area contributed by atoms with Crippen LogP contribution in [-0.2, 0) is 0 Å². The number of allylic oxidation sites excluding steroid dienone is 1. The predicted molar refractivity (Wildman–Crippen MR) is 132 cm³/mol. The van der Waals surface area contributed by atoms with Crippen molar-refractivity contribution >= 4 is 35.0 Å². The maximum Gasteiger partial charge on any atom is 0.112 e. The van der Waals surface area contributed by atoms with Crippen LogP contribution in [0.25, 0.3) is 6.08 Å². The Labute approximate surface area is 183 Å². The fourth-order valence-electron chi connectivity index (χ4n) is 3.71. The second-order valence-electron chi connectivity index (χ2n) is 7.21. The first-order chi connectivity index (χ1) is 14.8. The fraction of sp³-hybridized carbons (Fsp3) is 0.148. The minimum atomic E-state index is 0.268. The number of hydrogen-bond donors (Lipinski definition) is 0. The van der Waals surface area contributed by atoms with Gasteiger partial charge < -0.3 is 4.90 Å². The lowest BCUT2D eigenvalue weighted by Gasteiger charge is -2.44. The molecule has 0 N–H and O–H groups in total. The van der Waals surface area contributed by atoms with Gasteiger partial charge in [-0.25, -0.2) is 4.99 Å². The standard InChI is InChI=1S/C27H26N2S/c1-3-10-22(19-21-11-6-4-7-12-21)26-20-27(28-23-13-8-5-9-14-23)29(26)24-15-17-25(30-2)18-16-24/h3-19,26H,20H2,1-2H3/b10-3-,22-19+,28-27+. The van der Waals surface area contributed by atoms with E-state index in [2.05, 4.69) is 103 Å². The summed E-state index contributed by atoms with van der Waals surface area (Å²) in [6.07, 6.45) is 9.65.